The molecule has 0 aromatic heterocycles. The molecule has 1 N–H and O–H groups in total. The molecule has 1 atom stereocenters. The predicted octanol–water partition coefficient (Wildman–Crippen LogP) is 8.19. The predicted molar refractivity (Wildman–Crippen MR) is 167 cm³/mol. The number of halogens is 3. The maximum Gasteiger partial charge on any atom is 0.0130 e. The molecule has 40 heavy (non-hydrogen) atoms. The van der Waals surface area contributed by atoms with Crippen molar-refractivity contribution in [2.45, 2.75) is 60.5 Å². The number of aliphatic hydroxyl groups is 1. The van der Waals surface area contributed by atoms with E-state index in [1.807, 2.05) is 13.8 Å². The summed E-state index contributed by atoms with van der Waals surface area (Å²) in [6, 6.07) is 15.4. The van der Waals surface area contributed by atoms with E-state index >= 15 is 0 Å². The van der Waals surface area contributed by atoms with Gasteiger partial charge in [-0.05, 0) is 38.4 Å². The topological polar surface area (TPSA) is 42.3 Å². The zero-order chi connectivity index (χ0) is 29.4. The Kier molecular flexibility index (Phi) is 12.4. The molecular formula is C31H39Cl2FNO3PRu. The van der Waals surface area contributed by atoms with Gasteiger partial charge in [0, 0.05) is 5.69 Å². The quantitative estimate of drug-likeness (QED) is 0.103. The molecule has 0 spiro atoms. The molecule has 0 aliphatic carbocycles. The summed E-state index contributed by atoms with van der Waals surface area (Å²) < 4.78 is 38.9. The fraction of sp³-hybridized carbons (Fsp3) is 0.355. The van der Waals surface area contributed by atoms with E-state index in [9.17, 15) is 8.96 Å². The summed E-state index contributed by atoms with van der Waals surface area (Å²) in [7, 11) is 8.74. The SMILES string of the molecule is CCOP(=O)(c1ccc(F)cc1)c1ccc([OH+]C(C)C)c([CH]=[Ru]([Cl])[Cl])c1.Cc1cc(C)c(N2[CH-]CCC2)c(C)c1. The van der Waals surface area contributed by atoms with Crippen LogP contribution in [0.4, 0.5) is 10.1 Å². The first-order valence-corrected chi connectivity index (χ1v) is 20.4. The number of hydrogen-bond donors (Lipinski definition) is 0. The molecule has 0 radical (unpaired) electrons. The number of aromatic hydroxyl groups is 1. The van der Waals surface area contributed by atoms with E-state index in [-0.39, 0.29) is 12.7 Å². The van der Waals surface area contributed by atoms with Crippen LogP contribution in [0.15, 0.2) is 54.6 Å². The van der Waals surface area contributed by atoms with Gasteiger partial charge in [0.25, 0.3) is 0 Å². The summed E-state index contributed by atoms with van der Waals surface area (Å²) in [6.07, 6.45) is 2.62. The maximum absolute atomic E-state index is 13.7. The Morgan fingerprint density at radius 1 is 1.07 bits per heavy atom. The van der Waals surface area contributed by atoms with Crippen molar-refractivity contribution in [3.63, 3.8) is 0 Å². The van der Waals surface area contributed by atoms with Crippen molar-refractivity contribution in [1.29, 1.82) is 0 Å². The zero-order valence-electron chi connectivity index (χ0n) is 23.9. The molecule has 1 aliphatic rings. The normalized spacial score (nSPS) is 14.8. The standard InChI is InChI=1S/C18H20FO3P.C13H18N.2ClH.Ru/c1-5-21-23(20,16-8-6-15(19)7-9-16)17-10-11-18(14(4)12-17)22-13(2)3;1-10-8-11(2)13(12(3)9-10)14-6-4-5-7-14;;;/h4,6-13H,5H2,1-3H3;6,8-9H,4-5,7H2,1-3H3;2*1H;/q;-1;;;+2/p-1. The van der Waals surface area contributed by atoms with Crippen LogP contribution >= 0.6 is 26.8 Å². The van der Waals surface area contributed by atoms with Crippen LogP contribution in [0.25, 0.3) is 0 Å². The molecule has 3 aromatic carbocycles. The van der Waals surface area contributed by atoms with Gasteiger partial charge in [0.1, 0.15) is 0 Å². The molecule has 1 saturated heterocycles. The van der Waals surface area contributed by atoms with E-state index in [1.165, 1.54) is 66.0 Å². The average molecular weight is 696 g/mol. The molecule has 1 fully saturated rings. The first-order chi connectivity index (χ1) is 18.9. The summed E-state index contributed by atoms with van der Waals surface area (Å²) in [5.74, 6) is 0.348. The summed E-state index contributed by atoms with van der Waals surface area (Å²) >= 11 is -2.11. The van der Waals surface area contributed by atoms with Crippen LogP contribution in [0.1, 0.15) is 55.9 Å². The van der Waals surface area contributed by atoms with Crippen LogP contribution in [0.3, 0.4) is 0 Å². The van der Waals surface area contributed by atoms with Crippen LogP contribution < -0.4 is 15.5 Å². The third-order valence-corrected chi connectivity index (χ3v) is 10.7. The van der Waals surface area contributed by atoms with Crippen molar-refractivity contribution in [2.75, 3.05) is 18.1 Å². The summed E-state index contributed by atoms with van der Waals surface area (Å²) in [5, 5.41) is 0.940. The Balaban J connectivity index is 0.000000263. The fourth-order valence-electron chi connectivity index (χ4n) is 4.83. The van der Waals surface area contributed by atoms with Crippen molar-refractivity contribution in [3.05, 3.63) is 89.2 Å². The summed E-state index contributed by atoms with van der Waals surface area (Å²) in [4.78, 5) is 2.41. The van der Waals surface area contributed by atoms with Gasteiger partial charge in [-0.1, -0.05) is 24.1 Å². The largest absolute Gasteiger partial charge is 0.522 e. The third-order valence-electron chi connectivity index (χ3n) is 6.29. The average Bonchev–Trinajstić information content (AvgIpc) is 3.39. The number of ether oxygens (including phenoxy) is 1. The molecule has 220 valence electrons. The smallest absolute Gasteiger partial charge is 0.0130 e. The van der Waals surface area contributed by atoms with Gasteiger partial charge >= 0.3 is 167 Å². The van der Waals surface area contributed by atoms with Gasteiger partial charge in [0.05, 0.1) is 0 Å². The number of hydrogen-bond acceptors (Lipinski definition) is 3. The number of nitrogens with zero attached hydrogens (tertiary/aromatic N) is 1. The van der Waals surface area contributed by atoms with Gasteiger partial charge in [-0.3, -0.25) is 0 Å². The maximum atomic E-state index is 13.7. The Morgan fingerprint density at radius 2 is 1.70 bits per heavy atom. The molecule has 0 bridgehead atoms. The molecule has 1 aliphatic heterocycles. The van der Waals surface area contributed by atoms with E-state index in [0.29, 0.717) is 10.6 Å². The van der Waals surface area contributed by atoms with E-state index in [1.54, 1.807) is 29.7 Å². The van der Waals surface area contributed by atoms with Crippen LogP contribution in [0.5, 0.6) is 5.75 Å². The third kappa shape index (κ3) is 8.73. The van der Waals surface area contributed by atoms with E-state index in [2.05, 4.69) is 49.1 Å². The summed E-state index contributed by atoms with van der Waals surface area (Å²) in [5.41, 5.74) is 6.33. The molecule has 0 saturated carbocycles. The Labute approximate surface area is 251 Å². The van der Waals surface area contributed by atoms with Gasteiger partial charge in [-0.25, -0.2) is 6.54 Å². The first-order valence-electron chi connectivity index (χ1n) is 13.3. The van der Waals surface area contributed by atoms with Crippen molar-refractivity contribution < 1.29 is 31.7 Å². The molecule has 9 heteroatoms. The van der Waals surface area contributed by atoms with Crippen molar-refractivity contribution in [3.8, 4) is 5.75 Å². The number of rotatable bonds is 8. The minimum Gasteiger partial charge on any atom is -0.522 e. The Morgan fingerprint density at radius 3 is 2.23 bits per heavy atom. The van der Waals surface area contributed by atoms with E-state index < -0.39 is 26.7 Å². The van der Waals surface area contributed by atoms with Gasteiger partial charge in [0.15, 0.2) is 0 Å². The van der Waals surface area contributed by atoms with Gasteiger partial charge in [-0.15, -0.1) is 0 Å². The van der Waals surface area contributed by atoms with Crippen molar-refractivity contribution in [1.82, 2.24) is 0 Å². The van der Waals surface area contributed by atoms with E-state index in [0.717, 1.165) is 11.3 Å². The van der Waals surface area contributed by atoms with Crippen LogP contribution in [0, 0.1) is 33.1 Å². The molecule has 0 amide bonds. The monoisotopic (exact) mass is 695 g/mol. The summed E-state index contributed by atoms with van der Waals surface area (Å²) in [6.45, 7) is 16.1. The molecule has 3 aromatic rings. The van der Waals surface area contributed by atoms with Crippen molar-refractivity contribution >= 4 is 47.7 Å². The molecule has 1 unspecified atom stereocenters. The minimum absolute atomic E-state index is 0.0927. The second-order valence-electron chi connectivity index (χ2n) is 9.98. The molecular weight excluding hydrogens is 656 g/mol. The van der Waals surface area contributed by atoms with Crippen LogP contribution in [-0.2, 0) is 22.6 Å². The van der Waals surface area contributed by atoms with Gasteiger partial charge < -0.3 is 4.90 Å². The second kappa shape index (κ2) is 15.1. The number of benzene rings is 3. The number of aryl methyl sites for hydroxylation is 3. The molecule has 4 nitrogen and oxygen atoms in total. The fourth-order valence-corrected chi connectivity index (χ4v) is 8.71. The number of anilines is 1. The second-order valence-corrected chi connectivity index (χ2v) is 18.1. The zero-order valence-corrected chi connectivity index (χ0v) is 28.0. The Bertz CT molecular complexity index is 1350. The minimum atomic E-state index is -3.37. The first kappa shape index (κ1) is 33.0. The van der Waals surface area contributed by atoms with E-state index in [4.69, 9.17) is 23.9 Å². The Hall–Kier alpha value is -1.55. The van der Waals surface area contributed by atoms with Gasteiger partial charge in [-0.2, -0.15) is 6.42 Å². The van der Waals surface area contributed by atoms with Crippen molar-refractivity contribution in [2.24, 2.45) is 0 Å². The molecule has 4 rings (SSSR count). The van der Waals surface area contributed by atoms with Gasteiger partial charge in [0.2, 0.25) is 0 Å². The van der Waals surface area contributed by atoms with Crippen LogP contribution in [0.2, 0.25) is 0 Å². The van der Waals surface area contributed by atoms with Crippen LogP contribution in [-0.4, -0.2) is 28.6 Å². The molecule has 1 heterocycles.